The average Bonchev–Trinajstić information content (AvgIpc) is 3.21. The van der Waals surface area contributed by atoms with Crippen LogP contribution in [0.5, 0.6) is 6.01 Å². The quantitative estimate of drug-likeness (QED) is 0.631. The van der Waals surface area contributed by atoms with Gasteiger partial charge in [-0.15, -0.1) is 3.89 Å². The lowest BCUT2D eigenvalue weighted by Crippen LogP contribution is -2.22. The Morgan fingerprint density at radius 1 is 1.37 bits per heavy atom. The van der Waals surface area contributed by atoms with Gasteiger partial charge in [-0.05, 0) is 43.4 Å². The molecule has 0 N–H and O–H groups in total. The number of pyridine rings is 1. The van der Waals surface area contributed by atoms with Crippen LogP contribution in [0.4, 0.5) is 9.70 Å². The SMILES string of the molecule is CCCC(C)Oc1nc2nc(N3CC4=C(CCC=C4)C3)c(Cl)cc2n1SF. The van der Waals surface area contributed by atoms with Crippen LogP contribution in [0.15, 0.2) is 29.4 Å². The highest BCUT2D eigenvalue weighted by atomic mass is 35.5. The minimum absolute atomic E-state index is 0.0473. The van der Waals surface area contributed by atoms with E-state index in [4.69, 9.17) is 16.3 Å². The van der Waals surface area contributed by atoms with Gasteiger partial charge < -0.3 is 9.64 Å². The van der Waals surface area contributed by atoms with Gasteiger partial charge in [0.25, 0.3) is 0 Å². The number of aromatic nitrogens is 3. The Balaban J connectivity index is 1.66. The Hall–Kier alpha value is -1.73. The third-order valence-electron chi connectivity index (χ3n) is 5.01. The van der Waals surface area contributed by atoms with Gasteiger partial charge in [-0.3, -0.25) is 0 Å². The molecule has 2 aliphatic rings. The fourth-order valence-corrected chi connectivity index (χ4v) is 4.30. The summed E-state index contributed by atoms with van der Waals surface area (Å²) in [7, 11) is 0. The summed E-state index contributed by atoms with van der Waals surface area (Å²) in [5.74, 6) is 0.689. The normalized spacial score (nSPS) is 17.7. The van der Waals surface area contributed by atoms with E-state index in [9.17, 15) is 3.89 Å². The van der Waals surface area contributed by atoms with Crippen molar-refractivity contribution in [2.24, 2.45) is 0 Å². The number of allylic oxidation sites excluding steroid dienone is 1. The van der Waals surface area contributed by atoms with Crippen LogP contribution in [0.1, 0.15) is 39.5 Å². The maximum atomic E-state index is 13.6. The summed E-state index contributed by atoms with van der Waals surface area (Å²) < 4.78 is 20.7. The van der Waals surface area contributed by atoms with Crippen LogP contribution >= 0.6 is 23.9 Å². The van der Waals surface area contributed by atoms with Gasteiger partial charge in [-0.2, -0.15) is 4.98 Å². The Morgan fingerprint density at radius 2 is 2.22 bits per heavy atom. The molecule has 0 saturated heterocycles. The molecule has 0 radical (unpaired) electrons. The maximum Gasteiger partial charge on any atom is 0.311 e. The van der Waals surface area contributed by atoms with Crippen molar-refractivity contribution in [1.29, 1.82) is 0 Å². The third kappa shape index (κ3) is 3.55. The van der Waals surface area contributed by atoms with E-state index in [1.807, 2.05) is 6.92 Å². The molecule has 4 rings (SSSR count). The van der Waals surface area contributed by atoms with E-state index < -0.39 is 0 Å². The van der Waals surface area contributed by atoms with E-state index >= 15 is 0 Å². The van der Waals surface area contributed by atoms with Crippen molar-refractivity contribution in [2.75, 3.05) is 18.0 Å². The Bertz CT molecular complexity index is 926. The fourth-order valence-electron chi connectivity index (χ4n) is 3.69. The predicted octanol–water partition coefficient (Wildman–Crippen LogP) is 5.50. The van der Waals surface area contributed by atoms with Gasteiger partial charge in [-0.25, -0.2) is 8.96 Å². The van der Waals surface area contributed by atoms with Gasteiger partial charge in [0.1, 0.15) is 5.52 Å². The Morgan fingerprint density at radius 3 is 2.96 bits per heavy atom. The first-order valence-electron chi connectivity index (χ1n) is 9.27. The first-order chi connectivity index (χ1) is 13.1. The zero-order valence-electron chi connectivity index (χ0n) is 15.4. The third-order valence-corrected chi connectivity index (χ3v) is 5.78. The summed E-state index contributed by atoms with van der Waals surface area (Å²) in [6, 6.07) is 1.95. The number of hydrogen-bond donors (Lipinski definition) is 0. The molecule has 2 aromatic rings. The first-order valence-corrected chi connectivity index (χ1v) is 10.3. The van der Waals surface area contributed by atoms with Crippen molar-refractivity contribution in [1.82, 2.24) is 13.9 Å². The molecule has 0 amide bonds. The number of halogens is 2. The first kappa shape index (κ1) is 18.6. The Kier molecular flexibility index (Phi) is 5.32. The summed E-state index contributed by atoms with van der Waals surface area (Å²) in [4.78, 5) is 11.2. The molecule has 3 heterocycles. The van der Waals surface area contributed by atoms with E-state index in [1.54, 1.807) is 6.07 Å². The van der Waals surface area contributed by atoms with Crippen LogP contribution in [0.3, 0.4) is 0 Å². The van der Waals surface area contributed by atoms with Crippen LogP contribution in [-0.2, 0) is 0 Å². The standard InChI is InChI=1S/C19H22ClFN4OS/c1-3-6-12(2)26-19-23-17-16(25(19)27-21)9-15(20)18(22-17)24-10-13-7-4-5-8-14(13)11-24/h4,7,9,12H,3,5-6,8,10-11H2,1-2H3. The van der Waals surface area contributed by atoms with Crippen molar-refractivity contribution in [3.8, 4) is 6.01 Å². The molecule has 0 bridgehead atoms. The number of anilines is 1. The summed E-state index contributed by atoms with van der Waals surface area (Å²) in [5, 5.41) is 0.495. The van der Waals surface area contributed by atoms with Crippen LogP contribution in [0.2, 0.25) is 5.02 Å². The second kappa shape index (κ2) is 7.72. The number of hydrogen-bond acceptors (Lipinski definition) is 5. The average molecular weight is 409 g/mol. The van der Waals surface area contributed by atoms with Crippen LogP contribution < -0.4 is 9.64 Å². The molecule has 5 nitrogen and oxygen atoms in total. The zero-order chi connectivity index (χ0) is 19.0. The molecule has 1 atom stereocenters. The highest BCUT2D eigenvalue weighted by Gasteiger charge is 2.26. The molecule has 0 spiro atoms. The minimum atomic E-state index is -0.0473. The van der Waals surface area contributed by atoms with E-state index in [2.05, 4.69) is 33.9 Å². The number of nitrogens with zero attached hydrogens (tertiary/aromatic N) is 4. The van der Waals surface area contributed by atoms with Crippen molar-refractivity contribution < 1.29 is 8.62 Å². The highest BCUT2D eigenvalue weighted by Crippen LogP contribution is 2.36. The molecule has 8 heteroatoms. The molecule has 144 valence electrons. The van der Waals surface area contributed by atoms with E-state index in [-0.39, 0.29) is 24.4 Å². The predicted molar refractivity (Wildman–Crippen MR) is 109 cm³/mol. The lowest BCUT2D eigenvalue weighted by atomic mass is 10.0. The van der Waals surface area contributed by atoms with Gasteiger partial charge in [0.05, 0.1) is 11.1 Å². The monoisotopic (exact) mass is 408 g/mol. The van der Waals surface area contributed by atoms with Gasteiger partial charge in [0.15, 0.2) is 23.8 Å². The lowest BCUT2D eigenvalue weighted by Gasteiger charge is -2.18. The van der Waals surface area contributed by atoms with Crippen LogP contribution in [0, 0.1) is 0 Å². The lowest BCUT2D eigenvalue weighted by molar-refractivity contribution is 0.193. The number of rotatable bonds is 6. The van der Waals surface area contributed by atoms with Crippen molar-refractivity contribution in [2.45, 2.75) is 45.6 Å². The topological polar surface area (TPSA) is 43.2 Å². The van der Waals surface area contributed by atoms with Gasteiger partial charge in [0, 0.05) is 13.1 Å². The van der Waals surface area contributed by atoms with Gasteiger partial charge in [0.2, 0.25) is 0 Å². The smallest absolute Gasteiger partial charge is 0.311 e. The molecular weight excluding hydrogens is 387 g/mol. The van der Waals surface area contributed by atoms with E-state index in [0.29, 0.717) is 22.0 Å². The van der Waals surface area contributed by atoms with Crippen molar-refractivity contribution in [3.63, 3.8) is 0 Å². The van der Waals surface area contributed by atoms with Gasteiger partial charge >= 0.3 is 6.01 Å². The molecule has 1 aliphatic heterocycles. The molecule has 1 aliphatic carbocycles. The molecule has 1 unspecified atom stereocenters. The molecule has 0 saturated carbocycles. The highest BCUT2D eigenvalue weighted by molar-refractivity contribution is 7.93. The summed E-state index contributed by atoms with van der Waals surface area (Å²) in [6.07, 6.45) is 8.39. The van der Waals surface area contributed by atoms with Crippen LogP contribution in [0.25, 0.3) is 11.2 Å². The molecule has 0 fully saturated rings. The molecule has 0 aromatic carbocycles. The second-order valence-electron chi connectivity index (χ2n) is 7.04. The zero-order valence-corrected chi connectivity index (χ0v) is 17.0. The van der Waals surface area contributed by atoms with Crippen molar-refractivity contribution >= 4 is 40.9 Å². The van der Waals surface area contributed by atoms with Crippen molar-refractivity contribution in [3.05, 3.63) is 34.4 Å². The summed E-state index contributed by atoms with van der Waals surface area (Å²) >= 11 is 6.57. The fraction of sp³-hybridized carbons (Fsp3) is 0.474. The molecular formula is C19H22ClFN4OS. The van der Waals surface area contributed by atoms with Gasteiger partial charge in [-0.1, -0.05) is 37.1 Å². The number of fused-ring (bicyclic) bond motifs is 1. The van der Waals surface area contributed by atoms with Crippen LogP contribution in [-0.4, -0.2) is 33.1 Å². The van der Waals surface area contributed by atoms with E-state index in [1.165, 1.54) is 15.1 Å². The molecule has 2 aromatic heterocycles. The number of ether oxygens (including phenoxy) is 1. The Labute approximate surface area is 167 Å². The summed E-state index contributed by atoms with van der Waals surface area (Å²) in [5.41, 5.74) is 3.75. The largest absolute Gasteiger partial charge is 0.461 e. The summed E-state index contributed by atoms with van der Waals surface area (Å²) in [6.45, 7) is 5.65. The second-order valence-corrected chi connectivity index (χ2v) is 7.95. The minimum Gasteiger partial charge on any atom is -0.461 e. The number of imidazole rings is 1. The van der Waals surface area contributed by atoms with E-state index in [0.717, 1.165) is 38.8 Å². The molecule has 27 heavy (non-hydrogen) atoms. The maximum absolute atomic E-state index is 13.6.